The molecular weight excluding hydrogens is 216 g/mol. The van der Waals surface area contributed by atoms with Gasteiger partial charge < -0.3 is 15.4 Å². The second-order valence-corrected chi connectivity index (χ2v) is 4.31. The predicted octanol–water partition coefficient (Wildman–Crippen LogP) is 2.05. The molecular formula is C13H18N2O2. The number of piperidine rings is 1. The molecule has 0 spiro atoms. The lowest BCUT2D eigenvalue weighted by atomic mass is 10.1. The first-order valence-electron chi connectivity index (χ1n) is 5.95. The largest absolute Gasteiger partial charge is 0.465 e. The third kappa shape index (κ3) is 2.52. The lowest BCUT2D eigenvalue weighted by molar-refractivity contribution is 0.0602. The second-order valence-electron chi connectivity index (χ2n) is 4.31. The topological polar surface area (TPSA) is 55.6 Å². The Bertz CT molecular complexity index is 412. The van der Waals surface area contributed by atoms with Crippen molar-refractivity contribution in [3.63, 3.8) is 0 Å². The summed E-state index contributed by atoms with van der Waals surface area (Å²) in [7, 11) is 1.37. The van der Waals surface area contributed by atoms with E-state index in [-0.39, 0.29) is 5.97 Å². The van der Waals surface area contributed by atoms with E-state index in [0.717, 1.165) is 18.8 Å². The summed E-state index contributed by atoms with van der Waals surface area (Å²) in [5.41, 5.74) is 7.76. The summed E-state index contributed by atoms with van der Waals surface area (Å²) in [6.45, 7) is 2.09. The number of carbonyl (C=O) groups is 1. The number of nitrogens with zero attached hydrogens (tertiary/aromatic N) is 1. The number of rotatable bonds is 2. The van der Waals surface area contributed by atoms with E-state index in [1.54, 1.807) is 6.07 Å². The van der Waals surface area contributed by atoms with Crippen LogP contribution in [-0.2, 0) is 4.74 Å². The van der Waals surface area contributed by atoms with Gasteiger partial charge in [0.1, 0.15) is 0 Å². The van der Waals surface area contributed by atoms with Gasteiger partial charge in [-0.2, -0.15) is 0 Å². The van der Waals surface area contributed by atoms with Crippen LogP contribution in [0.5, 0.6) is 0 Å². The Morgan fingerprint density at radius 2 is 2.00 bits per heavy atom. The quantitative estimate of drug-likeness (QED) is 0.628. The van der Waals surface area contributed by atoms with Crippen molar-refractivity contribution in [2.24, 2.45) is 0 Å². The Kier molecular flexibility index (Phi) is 3.52. The number of nitrogen functional groups attached to an aromatic ring is 1. The standard InChI is InChI=1S/C13H18N2O2/c1-17-13(16)11-9-10(5-6-12(11)14)15-7-3-2-4-8-15/h5-6,9H,2-4,7-8,14H2,1H3. The first-order valence-corrected chi connectivity index (χ1v) is 5.95. The van der Waals surface area contributed by atoms with Crippen molar-refractivity contribution in [3.8, 4) is 0 Å². The Hall–Kier alpha value is -1.71. The summed E-state index contributed by atoms with van der Waals surface area (Å²) in [4.78, 5) is 13.8. The van der Waals surface area contributed by atoms with Crippen molar-refractivity contribution in [2.45, 2.75) is 19.3 Å². The van der Waals surface area contributed by atoms with Gasteiger partial charge in [-0.1, -0.05) is 0 Å². The third-order valence-corrected chi connectivity index (χ3v) is 3.16. The minimum atomic E-state index is -0.374. The molecule has 1 aliphatic heterocycles. The summed E-state index contributed by atoms with van der Waals surface area (Å²) in [6.07, 6.45) is 3.70. The van der Waals surface area contributed by atoms with Gasteiger partial charge in [-0.05, 0) is 37.5 Å². The predicted molar refractivity (Wildman–Crippen MR) is 68.3 cm³/mol. The minimum Gasteiger partial charge on any atom is -0.465 e. The van der Waals surface area contributed by atoms with Gasteiger partial charge in [0.15, 0.2) is 0 Å². The summed E-state index contributed by atoms with van der Waals surface area (Å²) in [5, 5.41) is 0. The number of carbonyl (C=O) groups excluding carboxylic acids is 1. The Morgan fingerprint density at radius 3 is 2.65 bits per heavy atom. The van der Waals surface area contributed by atoms with Crippen LogP contribution in [-0.4, -0.2) is 26.2 Å². The maximum Gasteiger partial charge on any atom is 0.340 e. The Balaban J connectivity index is 2.26. The molecule has 4 nitrogen and oxygen atoms in total. The molecule has 0 amide bonds. The Labute approximate surface area is 101 Å². The number of benzene rings is 1. The first-order chi connectivity index (χ1) is 8.22. The summed E-state index contributed by atoms with van der Waals surface area (Å²) < 4.78 is 4.72. The summed E-state index contributed by atoms with van der Waals surface area (Å²) >= 11 is 0. The molecule has 2 N–H and O–H groups in total. The molecule has 0 aromatic heterocycles. The van der Waals surface area contributed by atoms with Crippen LogP contribution in [0.25, 0.3) is 0 Å². The van der Waals surface area contributed by atoms with Crippen molar-refractivity contribution < 1.29 is 9.53 Å². The highest BCUT2D eigenvalue weighted by Crippen LogP contribution is 2.24. The van der Waals surface area contributed by atoms with Crippen molar-refractivity contribution in [2.75, 3.05) is 30.8 Å². The van der Waals surface area contributed by atoms with E-state index in [2.05, 4.69) is 4.90 Å². The van der Waals surface area contributed by atoms with Crippen LogP contribution in [0.2, 0.25) is 0 Å². The molecule has 92 valence electrons. The molecule has 1 fully saturated rings. The van der Waals surface area contributed by atoms with Crippen LogP contribution in [0.4, 0.5) is 11.4 Å². The zero-order valence-corrected chi connectivity index (χ0v) is 10.1. The van der Waals surface area contributed by atoms with Crippen LogP contribution in [0, 0.1) is 0 Å². The van der Waals surface area contributed by atoms with Crippen molar-refractivity contribution >= 4 is 17.3 Å². The number of ether oxygens (including phenoxy) is 1. The van der Waals surface area contributed by atoms with Gasteiger partial charge in [-0.15, -0.1) is 0 Å². The summed E-state index contributed by atoms with van der Waals surface area (Å²) in [6, 6.07) is 5.57. The molecule has 1 aromatic carbocycles. The fourth-order valence-corrected chi connectivity index (χ4v) is 2.18. The van der Waals surface area contributed by atoms with Crippen LogP contribution in [0.3, 0.4) is 0 Å². The SMILES string of the molecule is COC(=O)c1cc(N2CCCCC2)ccc1N. The third-order valence-electron chi connectivity index (χ3n) is 3.16. The molecule has 0 radical (unpaired) electrons. The monoisotopic (exact) mass is 234 g/mol. The average molecular weight is 234 g/mol. The van der Waals surface area contributed by atoms with E-state index >= 15 is 0 Å². The van der Waals surface area contributed by atoms with Gasteiger partial charge in [0.2, 0.25) is 0 Å². The Morgan fingerprint density at radius 1 is 1.29 bits per heavy atom. The van der Waals surface area contributed by atoms with Gasteiger partial charge in [-0.25, -0.2) is 4.79 Å². The molecule has 1 heterocycles. The van der Waals surface area contributed by atoms with Gasteiger partial charge in [-0.3, -0.25) is 0 Å². The molecule has 0 aliphatic carbocycles. The highest BCUT2D eigenvalue weighted by atomic mass is 16.5. The first kappa shape index (κ1) is 11.8. The van der Waals surface area contributed by atoms with Gasteiger partial charge in [0.25, 0.3) is 0 Å². The van der Waals surface area contributed by atoms with E-state index in [9.17, 15) is 4.79 Å². The van der Waals surface area contributed by atoms with E-state index in [0.29, 0.717) is 11.3 Å². The molecule has 17 heavy (non-hydrogen) atoms. The summed E-state index contributed by atoms with van der Waals surface area (Å²) in [5.74, 6) is -0.374. The normalized spacial score (nSPS) is 15.7. The molecule has 2 rings (SSSR count). The lowest BCUT2D eigenvalue weighted by Gasteiger charge is -2.29. The number of methoxy groups -OCH3 is 1. The fourth-order valence-electron chi connectivity index (χ4n) is 2.18. The molecule has 0 bridgehead atoms. The van der Waals surface area contributed by atoms with Crippen molar-refractivity contribution in [3.05, 3.63) is 23.8 Å². The number of nitrogens with two attached hydrogens (primary N) is 1. The molecule has 4 heteroatoms. The lowest BCUT2D eigenvalue weighted by Crippen LogP contribution is -2.29. The molecule has 0 saturated carbocycles. The number of hydrogen-bond donors (Lipinski definition) is 1. The average Bonchev–Trinajstić information content (AvgIpc) is 2.39. The van der Waals surface area contributed by atoms with Gasteiger partial charge in [0.05, 0.1) is 12.7 Å². The van der Waals surface area contributed by atoms with E-state index in [1.807, 2.05) is 12.1 Å². The molecule has 0 unspecified atom stereocenters. The molecule has 0 atom stereocenters. The minimum absolute atomic E-state index is 0.374. The highest BCUT2D eigenvalue weighted by Gasteiger charge is 2.15. The smallest absolute Gasteiger partial charge is 0.340 e. The number of hydrogen-bond acceptors (Lipinski definition) is 4. The van der Waals surface area contributed by atoms with Gasteiger partial charge in [0, 0.05) is 24.5 Å². The van der Waals surface area contributed by atoms with Gasteiger partial charge >= 0.3 is 5.97 Å². The number of anilines is 2. The number of esters is 1. The molecule has 1 aliphatic rings. The van der Waals surface area contributed by atoms with Crippen LogP contribution in [0.15, 0.2) is 18.2 Å². The zero-order chi connectivity index (χ0) is 12.3. The maximum atomic E-state index is 11.5. The van der Waals surface area contributed by atoms with E-state index in [1.165, 1.54) is 26.4 Å². The second kappa shape index (κ2) is 5.08. The van der Waals surface area contributed by atoms with E-state index in [4.69, 9.17) is 10.5 Å². The van der Waals surface area contributed by atoms with Crippen LogP contribution < -0.4 is 10.6 Å². The molecule has 1 aromatic rings. The fraction of sp³-hybridized carbons (Fsp3) is 0.462. The van der Waals surface area contributed by atoms with E-state index < -0.39 is 0 Å². The zero-order valence-electron chi connectivity index (χ0n) is 10.1. The van der Waals surface area contributed by atoms with Crippen LogP contribution in [0.1, 0.15) is 29.6 Å². The molecule has 1 saturated heterocycles. The highest BCUT2D eigenvalue weighted by molar-refractivity contribution is 5.96. The van der Waals surface area contributed by atoms with Crippen molar-refractivity contribution in [1.29, 1.82) is 0 Å². The van der Waals surface area contributed by atoms with Crippen molar-refractivity contribution in [1.82, 2.24) is 0 Å². The van der Waals surface area contributed by atoms with Crippen LogP contribution >= 0.6 is 0 Å². The maximum absolute atomic E-state index is 11.5.